The van der Waals surface area contributed by atoms with Gasteiger partial charge in [-0.15, -0.1) is 0 Å². The summed E-state index contributed by atoms with van der Waals surface area (Å²) in [7, 11) is 0. The van der Waals surface area contributed by atoms with Crippen molar-refractivity contribution in [2.24, 2.45) is 5.92 Å². The van der Waals surface area contributed by atoms with Crippen molar-refractivity contribution in [2.75, 3.05) is 19.7 Å². The highest BCUT2D eigenvalue weighted by molar-refractivity contribution is 5.80. The van der Waals surface area contributed by atoms with Gasteiger partial charge in [0, 0.05) is 19.2 Å². The summed E-state index contributed by atoms with van der Waals surface area (Å²) >= 11 is 0. The van der Waals surface area contributed by atoms with Crippen molar-refractivity contribution in [3.8, 4) is 0 Å². The topological polar surface area (TPSA) is 50.4 Å². The second kappa shape index (κ2) is 6.58. The fraction of sp³-hybridized carbons (Fsp3) is 0.588. The molecule has 1 aromatic rings. The molecule has 0 saturated carbocycles. The van der Waals surface area contributed by atoms with Crippen molar-refractivity contribution in [1.82, 2.24) is 10.6 Å². The third-order valence-electron chi connectivity index (χ3n) is 4.47. The van der Waals surface area contributed by atoms with E-state index in [0.717, 1.165) is 44.5 Å². The molecule has 3 atom stereocenters. The molecule has 4 nitrogen and oxygen atoms in total. The predicted octanol–water partition coefficient (Wildman–Crippen LogP) is 1.94. The molecule has 21 heavy (non-hydrogen) atoms. The molecule has 2 aliphatic heterocycles. The van der Waals surface area contributed by atoms with Gasteiger partial charge in [-0.25, -0.2) is 0 Å². The summed E-state index contributed by atoms with van der Waals surface area (Å²) in [6.45, 7) is 4.69. The largest absolute Gasteiger partial charge is 0.373 e. The van der Waals surface area contributed by atoms with Crippen LogP contribution in [-0.4, -0.2) is 31.6 Å². The zero-order valence-corrected chi connectivity index (χ0v) is 12.6. The molecule has 2 heterocycles. The summed E-state index contributed by atoms with van der Waals surface area (Å²) < 4.78 is 5.93. The van der Waals surface area contributed by atoms with Crippen LogP contribution in [0, 0.1) is 12.8 Å². The van der Waals surface area contributed by atoms with Crippen molar-refractivity contribution >= 4 is 5.91 Å². The second-order valence-corrected chi connectivity index (χ2v) is 6.15. The molecule has 2 N–H and O–H groups in total. The van der Waals surface area contributed by atoms with E-state index in [1.165, 1.54) is 5.56 Å². The third-order valence-corrected chi connectivity index (χ3v) is 4.47. The molecular formula is C17H24N2O2. The van der Waals surface area contributed by atoms with Gasteiger partial charge in [0.05, 0.1) is 12.0 Å². The Morgan fingerprint density at radius 1 is 1.29 bits per heavy atom. The Morgan fingerprint density at radius 3 is 2.81 bits per heavy atom. The van der Waals surface area contributed by atoms with E-state index in [2.05, 4.69) is 41.8 Å². The number of ether oxygens (including phenoxy) is 1. The lowest BCUT2D eigenvalue weighted by molar-refractivity contribution is -0.135. The lowest BCUT2D eigenvalue weighted by Crippen LogP contribution is -2.43. The summed E-state index contributed by atoms with van der Waals surface area (Å²) in [5.41, 5.74) is 2.34. The number of amides is 1. The minimum atomic E-state index is -0.103. The Labute approximate surface area is 126 Å². The number of aryl methyl sites for hydroxylation is 1. The van der Waals surface area contributed by atoms with Crippen LogP contribution in [0.25, 0.3) is 0 Å². The van der Waals surface area contributed by atoms with Crippen LogP contribution < -0.4 is 10.6 Å². The minimum Gasteiger partial charge on any atom is -0.373 e. The van der Waals surface area contributed by atoms with E-state index >= 15 is 0 Å². The highest BCUT2D eigenvalue weighted by Crippen LogP contribution is 2.34. The second-order valence-electron chi connectivity index (χ2n) is 6.15. The van der Waals surface area contributed by atoms with Crippen LogP contribution in [-0.2, 0) is 9.53 Å². The number of carbonyl (C=O) groups is 1. The van der Waals surface area contributed by atoms with Gasteiger partial charge in [0.25, 0.3) is 0 Å². The first kappa shape index (κ1) is 14.5. The van der Waals surface area contributed by atoms with E-state index in [0.29, 0.717) is 0 Å². The normalized spacial score (nSPS) is 29.3. The van der Waals surface area contributed by atoms with E-state index in [4.69, 9.17) is 4.74 Å². The summed E-state index contributed by atoms with van der Waals surface area (Å²) in [6.07, 6.45) is 2.79. The number of hydrogen-bond acceptors (Lipinski definition) is 3. The SMILES string of the molecule is Cc1ccc(C2OCCCC2C(=O)NC2CCNC2)cc1. The first-order valence-corrected chi connectivity index (χ1v) is 7.93. The number of benzene rings is 1. The van der Waals surface area contributed by atoms with E-state index in [1.807, 2.05) is 0 Å². The summed E-state index contributed by atoms with van der Waals surface area (Å²) in [5.74, 6) is 0.0797. The van der Waals surface area contributed by atoms with Crippen molar-refractivity contribution in [1.29, 1.82) is 0 Å². The van der Waals surface area contributed by atoms with Gasteiger partial charge in [-0.3, -0.25) is 4.79 Å². The van der Waals surface area contributed by atoms with E-state index < -0.39 is 0 Å². The van der Waals surface area contributed by atoms with Gasteiger partial charge in [0.2, 0.25) is 5.91 Å². The summed E-state index contributed by atoms with van der Waals surface area (Å²) in [5, 5.41) is 6.46. The molecule has 2 aliphatic rings. The summed E-state index contributed by atoms with van der Waals surface area (Å²) in [4.78, 5) is 12.6. The lowest BCUT2D eigenvalue weighted by atomic mass is 9.88. The molecule has 0 radical (unpaired) electrons. The number of carbonyl (C=O) groups excluding carboxylic acids is 1. The van der Waals surface area contributed by atoms with Gasteiger partial charge >= 0.3 is 0 Å². The maximum absolute atomic E-state index is 12.6. The van der Waals surface area contributed by atoms with E-state index in [-0.39, 0.29) is 24.0 Å². The maximum atomic E-state index is 12.6. The van der Waals surface area contributed by atoms with Crippen LogP contribution in [0.5, 0.6) is 0 Å². The molecule has 1 aromatic carbocycles. The smallest absolute Gasteiger partial charge is 0.226 e. The van der Waals surface area contributed by atoms with Gasteiger partial charge in [-0.2, -0.15) is 0 Å². The Morgan fingerprint density at radius 2 is 2.10 bits per heavy atom. The van der Waals surface area contributed by atoms with Crippen molar-refractivity contribution in [3.63, 3.8) is 0 Å². The average Bonchev–Trinajstić information content (AvgIpc) is 3.01. The molecule has 0 spiro atoms. The van der Waals surface area contributed by atoms with Crippen molar-refractivity contribution in [3.05, 3.63) is 35.4 Å². The molecule has 0 bridgehead atoms. The van der Waals surface area contributed by atoms with Crippen molar-refractivity contribution in [2.45, 2.75) is 38.3 Å². The molecule has 0 aromatic heterocycles. The molecule has 3 rings (SSSR count). The zero-order valence-electron chi connectivity index (χ0n) is 12.6. The number of nitrogens with one attached hydrogen (secondary N) is 2. The molecule has 0 aliphatic carbocycles. The van der Waals surface area contributed by atoms with E-state index in [9.17, 15) is 4.79 Å². The summed E-state index contributed by atoms with van der Waals surface area (Å²) in [6, 6.07) is 8.62. The lowest BCUT2D eigenvalue weighted by Gasteiger charge is -2.32. The third kappa shape index (κ3) is 3.44. The highest BCUT2D eigenvalue weighted by atomic mass is 16.5. The Hall–Kier alpha value is -1.39. The predicted molar refractivity (Wildman–Crippen MR) is 82.0 cm³/mol. The monoisotopic (exact) mass is 288 g/mol. The van der Waals surface area contributed by atoms with Gasteiger partial charge < -0.3 is 15.4 Å². The maximum Gasteiger partial charge on any atom is 0.226 e. The molecule has 2 saturated heterocycles. The van der Waals surface area contributed by atoms with Crippen LogP contribution in [0.15, 0.2) is 24.3 Å². The van der Waals surface area contributed by atoms with Gasteiger partial charge in [-0.1, -0.05) is 29.8 Å². The quantitative estimate of drug-likeness (QED) is 0.893. The van der Waals surface area contributed by atoms with Crippen LogP contribution in [0.1, 0.15) is 36.5 Å². The Kier molecular flexibility index (Phi) is 4.56. The zero-order chi connectivity index (χ0) is 14.7. The van der Waals surface area contributed by atoms with Gasteiger partial charge in [0.15, 0.2) is 0 Å². The van der Waals surface area contributed by atoms with Gasteiger partial charge in [0.1, 0.15) is 0 Å². The van der Waals surface area contributed by atoms with Crippen LogP contribution >= 0.6 is 0 Å². The average molecular weight is 288 g/mol. The van der Waals surface area contributed by atoms with Crippen LogP contribution in [0.2, 0.25) is 0 Å². The molecule has 4 heteroatoms. The van der Waals surface area contributed by atoms with Crippen LogP contribution in [0.3, 0.4) is 0 Å². The van der Waals surface area contributed by atoms with Crippen LogP contribution in [0.4, 0.5) is 0 Å². The Bertz CT molecular complexity index is 480. The Balaban J connectivity index is 1.71. The number of rotatable bonds is 3. The first-order chi connectivity index (χ1) is 10.2. The number of hydrogen-bond donors (Lipinski definition) is 2. The fourth-order valence-electron chi connectivity index (χ4n) is 3.22. The standard InChI is InChI=1S/C17H24N2O2/c1-12-4-6-13(7-5-12)16-15(3-2-10-21-16)17(20)19-14-8-9-18-11-14/h4-7,14-16,18H,2-3,8-11H2,1H3,(H,19,20). The minimum absolute atomic E-state index is 0.0675. The molecular weight excluding hydrogens is 264 g/mol. The molecule has 3 unspecified atom stereocenters. The highest BCUT2D eigenvalue weighted by Gasteiger charge is 2.34. The van der Waals surface area contributed by atoms with Gasteiger partial charge in [-0.05, 0) is 38.3 Å². The van der Waals surface area contributed by atoms with E-state index in [1.54, 1.807) is 0 Å². The first-order valence-electron chi connectivity index (χ1n) is 7.93. The molecule has 114 valence electrons. The fourth-order valence-corrected chi connectivity index (χ4v) is 3.22. The molecule has 1 amide bonds. The molecule has 2 fully saturated rings. The van der Waals surface area contributed by atoms with Crippen molar-refractivity contribution < 1.29 is 9.53 Å².